The fourth-order valence-corrected chi connectivity index (χ4v) is 1.03. The van der Waals surface area contributed by atoms with Crippen molar-refractivity contribution < 1.29 is 52.8 Å². The topological polar surface area (TPSA) is 4.93 Å². The summed E-state index contributed by atoms with van der Waals surface area (Å²) in [5.74, 6) is 0. The number of fused-ring (bicyclic) bond motifs is 1. The molecule has 42 valence electrons. The van der Waals surface area contributed by atoms with Gasteiger partial charge < -0.3 is 5.99 Å². The summed E-state index contributed by atoms with van der Waals surface area (Å²) < 4.78 is 2.14. The van der Waals surface area contributed by atoms with Crippen LogP contribution >= 0.6 is 0 Å². The molecule has 0 fully saturated rings. The van der Waals surface area contributed by atoms with Crippen LogP contribution in [-0.4, -0.2) is 4.57 Å². The fraction of sp³-hybridized carbons (Fsp3) is 0.143. The Kier molecular flexibility index (Phi) is 2.73. The van der Waals surface area contributed by atoms with Gasteiger partial charge in [-0.25, -0.2) is 0 Å². The number of allylic oxidation sites excluding steroid dienone is 1. The monoisotopic (exact) mass is 145 g/mol. The van der Waals surface area contributed by atoms with E-state index in [9.17, 15) is 0 Å². The first-order valence-electron chi connectivity index (χ1n) is 2.79. The molecule has 0 radical (unpaired) electrons. The third kappa shape index (κ3) is 1.38. The van der Waals surface area contributed by atoms with Gasteiger partial charge in [0.05, 0.1) is 0 Å². The molecule has 1 aromatic rings. The van der Waals surface area contributed by atoms with Crippen molar-refractivity contribution >= 4 is 6.20 Å². The van der Waals surface area contributed by atoms with Crippen molar-refractivity contribution in [1.82, 2.24) is 4.57 Å². The molecule has 1 nitrogen and oxygen atoms in total. The van der Waals surface area contributed by atoms with E-state index in [0.29, 0.717) is 0 Å². The number of hydrogen-bond acceptors (Lipinski definition) is 0. The summed E-state index contributed by atoms with van der Waals surface area (Å²) in [5, 5.41) is 0. The van der Waals surface area contributed by atoms with E-state index in [1.807, 2.05) is 0 Å². The number of rotatable bonds is 0. The molecule has 1 aromatic heterocycles. The van der Waals surface area contributed by atoms with Gasteiger partial charge in [0.1, 0.15) is 0 Å². The molecule has 0 amide bonds. The van der Waals surface area contributed by atoms with Crippen LogP contribution in [0.25, 0.3) is 6.20 Å². The Morgan fingerprint density at radius 1 is 1.56 bits per heavy atom. The summed E-state index contributed by atoms with van der Waals surface area (Å²) in [4.78, 5) is 0. The Morgan fingerprint density at radius 2 is 2.44 bits per heavy atom. The van der Waals surface area contributed by atoms with Crippen molar-refractivity contribution in [3.63, 3.8) is 0 Å². The first-order valence-corrected chi connectivity index (χ1v) is 2.79. The molecule has 0 N–H and O–H groups in total. The normalized spacial score (nSPS) is 12.9. The van der Waals surface area contributed by atoms with Crippen LogP contribution < -0.4 is 51.4 Å². The van der Waals surface area contributed by atoms with Crippen molar-refractivity contribution in [2.24, 2.45) is 0 Å². The Bertz CT molecular complexity index is 229. The van der Waals surface area contributed by atoms with Crippen LogP contribution in [-0.2, 0) is 6.42 Å². The Morgan fingerprint density at radius 3 is 3.22 bits per heavy atom. The van der Waals surface area contributed by atoms with Crippen molar-refractivity contribution in [2.45, 2.75) is 6.42 Å². The van der Waals surface area contributed by atoms with Gasteiger partial charge in [-0.05, 0) is 12.1 Å². The Balaban J connectivity index is 0.000000405. The zero-order valence-electron chi connectivity index (χ0n) is 6.54. The van der Waals surface area contributed by atoms with Crippen molar-refractivity contribution in [2.75, 3.05) is 0 Å². The Hall–Kier alpha value is 0.656. The standard InChI is InChI=1S/C7H7N.K.H/c1-3-7-4-2-6-8(7)5-1;;/h1-3,5-6H,4H2;;/q;+1;-1. The predicted molar refractivity (Wildman–Crippen MR) is 34.6 cm³/mol. The van der Waals surface area contributed by atoms with Crippen LogP contribution in [0.4, 0.5) is 0 Å². The molecule has 2 heterocycles. The summed E-state index contributed by atoms with van der Waals surface area (Å²) >= 11 is 0. The minimum Gasteiger partial charge on any atom is -1.00 e. The summed E-state index contributed by atoms with van der Waals surface area (Å²) in [5.41, 5.74) is 1.39. The summed E-state index contributed by atoms with van der Waals surface area (Å²) in [6, 6.07) is 4.21. The molecular weight excluding hydrogens is 137 g/mol. The maximum atomic E-state index is 2.16. The molecule has 9 heavy (non-hydrogen) atoms. The summed E-state index contributed by atoms with van der Waals surface area (Å²) in [6.07, 6.45) is 7.43. The minimum absolute atomic E-state index is 0. The molecule has 0 bridgehead atoms. The second-order valence-corrected chi connectivity index (χ2v) is 2.00. The maximum absolute atomic E-state index is 2.16. The number of nitrogens with zero attached hydrogens (tertiary/aromatic N) is 1. The predicted octanol–water partition coefficient (Wildman–Crippen LogP) is -1.37. The number of hydrogen-bond donors (Lipinski definition) is 0. The van der Waals surface area contributed by atoms with E-state index in [0.717, 1.165) is 6.42 Å². The smallest absolute Gasteiger partial charge is 1.00 e. The van der Waals surface area contributed by atoms with Gasteiger partial charge in [-0.1, -0.05) is 6.08 Å². The van der Waals surface area contributed by atoms with Crippen LogP contribution in [0, 0.1) is 0 Å². The zero-order valence-corrected chi connectivity index (χ0v) is 8.66. The van der Waals surface area contributed by atoms with E-state index < -0.39 is 0 Å². The van der Waals surface area contributed by atoms with E-state index in [1.54, 1.807) is 0 Å². The van der Waals surface area contributed by atoms with E-state index in [-0.39, 0.29) is 52.8 Å². The fourth-order valence-electron chi connectivity index (χ4n) is 1.03. The first-order chi connectivity index (χ1) is 3.97. The van der Waals surface area contributed by atoms with Crippen molar-refractivity contribution in [3.8, 4) is 0 Å². The van der Waals surface area contributed by atoms with Gasteiger partial charge in [0.25, 0.3) is 0 Å². The first kappa shape index (κ1) is 7.76. The molecule has 1 aliphatic heterocycles. The van der Waals surface area contributed by atoms with Gasteiger partial charge in [-0.2, -0.15) is 0 Å². The maximum Gasteiger partial charge on any atom is 1.00 e. The third-order valence-corrected chi connectivity index (χ3v) is 1.46. The van der Waals surface area contributed by atoms with Crippen molar-refractivity contribution in [1.29, 1.82) is 0 Å². The Labute approximate surface area is 98.7 Å². The summed E-state index contributed by atoms with van der Waals surface area (Å²) in [6.45, 7) is 0. The van der Waals surface area contributed by atoms with Gasteiger partial charge in [-0.15, -0.1) is 0 Å². The molecule has 0 aromatic carbocycles. The molecule has 0 spiro atoms. The van der Waals surface area contributed by atoms with E-state index in [1.165, 1.54) is 5.69 Å². The van der Waals surface area contributed by atoms with Gasteiger partial charge in [0.15, 0.2) is 0 Å². The second kappa shape index (κ2) is 3.17. The quantitative estimate of drug-likeness (QED) is 0.397. The van der Waals surface area contributed by atoms with Crippen LogP contribution in [0.1, 0.15) is 7.12 Å². The molecule has 1 aliphatic rings. The SMILES string of the molecule is C1=Cn2cccc2C1.[H-].[K+]. The molecule has 0 saturated carbocycles. The molecular formula is C7H8KN. The molecule has 0 saturated heterocycles. The van der Waals surface area contributed by atoms with Crippen LogP contribution in [0.3, 0.4) is 0 Å². The van der Waals surface area contributed by atoms with Crippen LogP contribution in [0.5, 0.6) is 0 Å². The molecule has 2 rings (SSSR count). The van der Waals surface area contributed by atoms with Crippen LogP contribution in [0.15, 0.2) is 24.4 Å². The van der Waals surface area contributed by atoms with E-state index in [4.69, 9.17) is 0 Å². The van der Waals surface area contributed by atoms with Gasteiger partial charge in [0, 0.05) is 24.5 Å². The van der Waals surface area contributed by atoms with Crippen molar-refractivity contribution in [3.05, 3.63) is 30.1 Å². The van der Waals surface area contributed by atoms with Gasteiger partial charge in [0.2, 0.25) is 0 Å². The largest absolute Gasteiger partial charge is 1.00 e. The molecule has 0 unspecified atom stereocenters. The third-order valence-electron chi connectivity index (χ3n) is 1.46. The number of aromatic nitrogens is 1. The second-order valence-electron chi connectivity index (χ2n) is 2.00. The minimum atomic E-state index is 0. The molecule has 0 atom stereocenters. The molecule has 0 aliphatic carbocycles. The van der Waals surface area contributed by atoms with Gasteiger partial charge >= 0.3 is 51.4 Å². The summed E-state index contributed by atoms with van der Waals surface area (Å²) in [7, 11) is 0. The van der Waals surface area contributed by atoms with E-state index in [2.05, 4.69) is 35.2 Å². The molecule has 2 heteroatoms. The average Bonchev–Trinajstić information content (AvgIpc) is 2.15. The van der Waals surface area contributed by atoms with Gasteiger partial charge in [-0.3, -0.25) is 0 Å². The van der Waals surface area contributed by atoms with Crippen LogP contribution in [0.2, 0.25) is 0 Å². The van der Waals surface area contributed by atoms with E-state index >= 15 is 0 Å². The average molecular weight is 145 g/mol. The zero-order chi connectivity index (χ0) is 5.40.